The van der Waals surface area contributed by atoms with E-state index in [1.165, 1.54) is 0 Å². The van der Waals surface area contributed by atoms with Gasteiger partial charge in [-0.15, -0.1) is 0 Å². The Kier molecular flexibility index (Phi) is 10.1. The van der Waals surface area contributed by atoms with E-state index in [0.29, 0.717) is 13.0 Å². The Morgan fingerprint density at radius 1 is 0.912 bits per heavy atom. The van der Waals surface area contributed by atoms with E-state index in [-0.39, 0.29) is 53.9 Å². The first kappa shape index (κ1) is 28.7. The van der Waals surface area contributed by atoms with Gasteiger partial charge in [-0.1, -0.05) is 36.4 Å². The summed E-state index contributed by atoms with van der Waals surface area (Å²) in [7, 11) is -8.17. The van der Waals surface area contributed by atoms with E-state index in [4.69, 9.17) is 4.55 Å². The van der Waals surface area contributed by atoms with Crippen LogP contribution in [0.3, 0.4) is 0 Å². The van der Waals surface area contributed by atoms with E-state index in [1.807, 2.05) is 72.2 Å². The number of allylic oxidation sites excluding steroid dienone is 1. The second kappa shape index (κ2) is 11.9. The number of anilines is 1. The number of hydrogen-bond donors (Lipinski definition) is 3. The van der Waals surface area contributed by atoms with E-state index in [0.717, 1.165) is 22.6 Å². The Morgan fingerprint density at radius 2 is 1.50 bits per heavy atom. The first-order valence-electron chi connectivity index (χ1n) is 10.6. The Labute approximate surface area is 223 Å². The third kappa shape index (κ3) is 7.74. The van der Waals surface area contributed by atoms with Gasteiger partial charge in [0.2, 0.25) is 5.69 Å². The average Bonchev–Trinajstić information content (AvgIpc) is 2.96. The molecular weight excluding hydrogens is 487 g/mol. The van der Waals surface area contributed by atoms with E-state index < -0.39 is 25.7 Å². The molecule has 1 aliphatic rings. The summed E-state index contributed by atoms with van der Waals surface area (Å²) in [4.78, 5) is 0. The van der Waals surface area contributed by atoms with Crippen molar-refractivity contribution in [3.05, 3.63) is 72.4 Å². The molecule has 3 rings (SSSR count). The van der Waals surface area contributed by atoms with E-state index in [2.05, 4.69) is 5.32 Å². The number of fused-ring (bicyclic) bond motifs is 1. The molecular formula is C23H30N2NaO6S2+. The Hall–Kier alpha value is -1.53. The molecule has 1 atom stereocenters. The summed E-state index contributed by atoms with van der Waals surface area (Å²) in [6, 6.07) is 17.3. The van der Waals surface area contributed by atoms with Crippen molar-refractivity contribution >= 4 is 66.9 Å². The topological polar surface area (TPSA) is 124 Å². The van der Waals surface area contributed by atoms with E-state index >= 15 is 0 Å². The molecule has 34 heavy (non-hydrogen) atoms. The number of benzene rings is 2. The van der Waals surface area contributed by atoms with Crippen molar-refractivity contribution in [3.63, 3.8) is 0 Å². The van der Waals surface area contributed by atoms with Crippen LogP contribution in [0.1, 0.15) is 31.7 Å². The summed E-state index contributed by atoms with van der Waals surface area (Å²) in [5.74, 6) is -0.697. The molecule has 1 heterocycles. The molecule has 0 bridgehead atoms. The molecule has 2 aromatic carbocycles. The number of hydrogen-bond acceptors (Lipinski definition) is 5. The van der Waals surface area contributed by atoms with Gasteiger partial charge in [0.15, 0.2) is 5.71 Å². The first-order chi connectivity index (χ1) is 15.5. The predicted molar refractivity (Wildman–Crippen MR) is 137 cm³/mol. The van der Waals surface area contributed by atoms with Gasteiger partial charge in [-0.05, 0) is 31.9 Å². The minimum atomic E-state index is -4.08. The molecule has 0 aromatic heterocycles. The van der Waals surface area contributed by atoms with Crippen LogP contribution in [0.2, 0.25) is 0 Å². The van der Waals surface area contributed by atoms with Crippen molar-refractivity contribution in [1.82, 2.24) is 0 Å². The van der Waals surface area contributed by atoms with Gasteiger partial charge in [0.25, 0.3) is 20.2 Å². The summed E-state index contributed by atoms with van der Waals surface area (Å²) >= 11 is 0. The summed E-state index contributed by atoms with van der Waals surface area (Å²) in [6.45, 7) is 2.37. The minimum absolute atomic E-state index is 0. The molecule has 0 fully saturated rings. The zero-order chi connectivity index (χ0) is 24.1. The van der Waals surface area contributed by atoms with Crippen molar-refractivity contribution in [2.24, 2.45) is 0 Å². The SMILES string of the molecule is CC1(CCCS(=O)(=O)O)C(/C=C/Nc2ccccc2)=[N+](CCCS(=O)(=O)O)c2ccccc21.[NaH]. The van der Waals surface area contributed by atoms with Crippen LogP contribution in [0.5, 0.6) is 0 Å². The first-order valence-corrected chi connectivity index (χ1v) is 13.8. The number of para-hydroxylation sites is 2. The molecule has 8 nitrogen and oxygen atoms in total. The predicted octanol–water partition coefficient (Wildman–Crippen LogP) is 2.97. The van der Waals surface area contributed by atoms with Crippen molar-refractivity contribution in [1.29, 1.82) is 0 Å². The monoisotopic (exact) mass is 517 g/mol. The zero-order valence-corrected chi connectivity index (χ0v) is 20.0. The van der Waals surface area contributed by atoms with Gasteiger partial charge in [0.1, 0.15) is 6.54 Å². The van der Waals surface area contributed by atoms with Gasteiger partial charge in [-0.3, -0.25) is 9.11 Å². The molecule has 0 amide bonds. The van der Waals surface area contributed by atoms with Crippen LogP contribution in [0.25, 0.3) is 0 Å². The summed E-state index contributed by atoms with van der Waals surface area (Å²) < 4.78 is 65.5. The van der Waals surface area contributed by atoms with E-state index in [1.54, 1.807) is 6.20 Å². The van der Waals surface area contributed by atoms with Crippen LogP contribution in [0.4, 0.5) is 11.4 Å². The molecule has 2 aromatic rings. The van der Waals surface area contributed by atoms with Crippen molar-refractivity contribution in [2.75, 3.05) is 23.4 Å². The number of rotatable bonds is 11. The quantitative estimate of drug-likeness (QED) is 0.238. The second-order valence-corrected chi connectivity index (χ2v) is 11.4. The summed E-state index contributed by atoms with van der Waals surface area (Å²) in [6.07, 6.45) is 4.65. The Balaban J connectivity index is 0.00000408. The van der Waals surface area contributed by atoms with Crippen LogP contribution >= 0.6 is 0 Å². The third-order valence-electron chi connectivity index (χ3n) is 5.77. The summed E-state index contributed by atoms with van der Waals surface area (Å²) in [5.41, 5.74) is 3.11. The zero-order valence-electron chi connectivity index (χ0n) is 18.4. The third-order valence-corrected chi connectivity index (χ3v) is 7.38. The fourth-order valence-corrected chi connectivity index (χ4v) is 5.29. The molecule has 11 heteroatoms. The number of nitrogens with one attached hydrogen (secondary N) is 1. The van der Waals surface area contributed by atoms with Gasteiger partial charge in [-0.2, -0.15) is 21.4 Å². The maximum atomic E-state index is 11.3. The van der Waals surface area contributed by atoms with Gasteiger partial charge in [0, 0.05) is 36.0 Å². The van der Waals surface area contributed by atoms with Crippen LogP contribution in [-0.4, -0.2) is 83.8 Å². The normalized spacial score (nSPS) is 18.1. The summed E-state index contributed by atoms with van der Waals surface area (Å²) in [5, 5.41) is 3.22. The van der Waals surface area contributed by atoms with E-state index in [9.17, 15) is 21.4 Å². The van der Waals surface area contributed by atoms with Crippen LogP contribution < -0.4 is 5.32 Å². The standard InChI is InChI=1S/C23H28N2O6S2.Na.H/c1-23(14-7-17-32(26,27)28)20-11-5-6-12-21(20)25(16-8-18-33(29,30)31)22(23)13-15-24-19-9-3-2-4-10-19;;/h2-6,9-13,15H,7-8,14,16-18H2,1H3,(H2,26,27,28,29,30,31);;/p+1. The molecule has 1 aliphatic heterocycles. The van der Waals surface area contributed by atoms with Gasteiger partial charge < -0.3 is 5.32 Å². The molecule has 0 aliphatic carbocycles. The Bertz CT molecular complexity index is 1260. The fourth-order valence-electron chi connectivity index (χ4n) is 4.28. The van der Waals surface area contributed by atoms with Gasteiger partial charge in [-0.25, -0.2) is 0 Å². The molecule has 0 saturated heterocycles. The molecule has 1 unspecified atom stereocenters. The van der Waals surface area contributed by atoms with Gasteiger partial charge in [0.05, 0.1) is 16.9 Å². The van der Waals surface area contributed by atoms with Crippen molar-refractivity contribution in [2.45, 2.75) is 31.6 Å². The number of nitrogens with zero attached hydrogens (tertiary/aromatic N) is 1. The molecule has 0 saturated carbocycles. The van der Waals surface area contributed by atoms with Crippen molar-refractivity contribution < 1.29 is 30.5 Å². The maximum absolute atomic E-state index is 11.3. The molecule has 0 spiro atoms. The molecule has 180 valence electrons. The Morgan fingerprint density at radius 3 is 2.15 bits per heavy atom. The molecule has 0 radical (unpaired) electrons. The van der Waals surface area contributed by atoms with Gasteiger partial charge >= 0.3 is 29.6 Å². The second-order valence-electron chi connectivity index (χ2n) is 8.26. The fraction of sp³-hybridized carbons (Fsp3) is 0.348. The molecule has 3 N–H and O–H groups in total. The van der Waals surface area contributed by atoms with Crippen LogP contribution in [0.15, 0.2) is 66.9 Å². The van der Waals surface area contributed by atoms with Crippen LogP contribution in [-0.2, 0) is 25.7 Å². The van der Waals surface area contributed by atoms with Crippen LogP contribution in [0, 0.1) is 0 Å². The van der Waals surface area contributed by atoms with Crippen molar-refractivity contribution in [3.8, 4) is 0 Å². The average molecular weight is 518 g/mol.